The summed E-state index contributed by atoms with van der Waals surface area (Å²) in [5.41, 5.74) is 5.84. The molecule has 2 heterocycles. The summed E-state index contributed by atoms with van der Waals surface area (Å²) < 4.78 is 1.69. The molecule has 5 nitrogen and oxygen atoms in total. The minimum atomic E-state index is 0.00611. The Morgan fingerprint density at radius 1 is 1.37 bits per heavy atom. The fourth-order valence-electron chi connectivity index (χ4n) is 2.21. The van der Waals surface area contributed by atoms with Crippen LogP contribution in [0.3, 0.4) is 0 Å². The molecule has 0 radical (unpaired) electrons. The molecule has 0 bridgehead atoms. The Kier molecular flexibility index (Phi) is 4.25. The zero-order valence-electron chi connectivity index (χ0n) is 11.5. The normalized spacial score (nSPS) is 12.9. The molecule has 1 unspecified atom stereocenters. The van der Waals surface area contributed by atoms with Crippen LogP contribution in [-0.2, 0) is 13.5 Å². The van der Waals surface area contributed by atoms with Crippen LogP contribution in [0, 0.1) is 20.8 Å². The molecule has 3 N–H and O–H groups in total. The minimum Gasteiger partial charge on any atom is -0.271 e. The highest BCUT2D eigenvalue weighted by atomic mass is 35.5. The fraction of sp³-hybridized carbons (Fsp3) is 0.500. The summed E-state index contributed by atoms with van der Waals surface area (Å²) in [6.07, 6.45) is 0.706. The summed E-state index contributed by atoms with van der Waals surface area (Å²) in [6.45, 7) is 5.96. The van der Waals surface area contributed by atoms with Crippen molar-refractivity contribution in [2.45, 2.75) is 33.2 Å². The molecule has 7 heteroatoms. The summed E-state index contributed by atoms with van der Waals surface area (Å²) in [5.74, 6) is 5.70. The van der Waals surface area contributed by atoms with E-state index in [9.17, 15) is 0 Å². The van der Waals surface area contributed by atoms with Gasteiger partial charge in [0.2, 0.25) is 0 Å². The average Bonchev–Trinajstić information content (AvgIpc) is 2.79. The number of nitrogens with one attached hydrogen (secondary N) is 1. The van der Waals surface area contributed by atoms with Crippen LogP contribution in [0.1, 0.15) is 32.9 Å². The SMILES string of the molecule is Cc1nc(C)c(C(Cc2c(C)nn(C)c2Cl)NN)s1. The Bertz CT molecular complexity index is 589. The lowest BCUT2D eigenvalue weighted by Gasteiger charge is -2.14. The van der Waals surface area contributed by atoms with Gasteiger partial charge in [0, 0.05) is 17.5 Å². The van der Waals surface area contributed by atoms with Gasteiger partial charge in [-0.1, -0.05) is 11.6 Å². The van der Waals surface area contributed by atoms with Crippen LogP contribution >= 0.6 is 22.9 Å². The third-order valence-corrected chi connectivity index (χ3v) is 4.79. The predicted octanol–water partition coefficient (Wildman–Crippen LogP) is 2.20. The first-order chi connectivity index (χ1) is 8.93. The van der Waals surface area contributed by atoms with E-state index in [2.05, 4.69) is 15.5 Å². The Labute approximate surface area is 121 Å². The topological polar surface area (TPSA) is 68.8 Å². The van der Waals surface area contributed by atoms with Crippen molar-refractivity contribution in [2.24, 2.45) is 12.9 Å². The number of hydrogen-bond acceptors (Lipinski definition) is 5. The van der Waals surface area contributed by atoms with Crippen molar-refractivity contribution in [2.75, 3.05) is 0 Å². The summed E-state index contributed by atoms with van der Waals surface area (Å²) in [5, 5.41) is 6.03. The molecule has 104 valence electrons. The van der Waals surface area contributed by atoms with Gasteiger partial charge in [-0.25, -0.2) is 4.98 Å². The van der Waals surface area contributed by atoms with Gasteiger partial charge in [-0.2, -0.15) is 5.10 Å². The zero-order chi connectivity index (χ0) is 14.2. The van der Waals surface area contributed by atoms with E-state index in [1.165, 1.54) is 0 Å². The van der Waals surface area contributed by atoms with E-state index in [-0.39, 0.29) is 6.04 Å². The van der Waals surface area contributed by atoms with Crippen LogP contribution in [0.5, 0.6) is 0 Å². The Hall–Kier alpha value is -0.950. The molecule has 2 rings (SSSR count). The van der Waals surface area contributed by atoms with Gasteiger partial charge >= 0.3 is 0 Å². The van der Waals surface area contributed by atoms with Gasteiger partial charge in [0.05, 0.1) is 22.4 Å². The zero-order valence-corrected chi connectivity index (χ0v) is 13.1. The summed E-state index contributed by atoms with van der Waals surface area (Å²) >= 11 is 7.93. The second-order valence-corrected chi connectivity index (χ2v) is 6.18. The molecule has 2 aromatic rings. The largest absolute Gasteiger partial charge is 0.271 e. The molecule has 0 spiro atoms. The van der Waals surface area contributed by atoms with Crippen molar-refractivity contribution in [1.82, 2.24) is 20.2 Å². The number of nitrogens with two attached hydrogens (primary N) is 1. The van der Waals surface area contributed by atoms with Crippen molar-refractivity contribution in [1.29, 1.82) is 0 Å². The number of thiazole rings is 1. The van der Waals surface area contributed by atoms with E-state index in [0.717, 1.165) is 26.8 Å². The first-order valence-corrected chi connectivity index (χ1v) is 7.21. The molecule has 0 saturated heterocycles. The maximum absolute atomic E-state index is 6.27. The third kappa shape index (κ3) is 2.81. The predicted molar refractivity (Wildman–Crippen MR) is 78.3 cm³/mol. The number of aryl methyl sites for hydroxylation is 4. The maximum Gasteiger partial charge on any atom is 0.130 e. The molecular weight excluding hydrogens is 282 g/mol. The van der Waals surface area contributed by atoms with Gasteiger partial charge in [0.25, 0.3) is 0 Å². The number of halogens is 1. The van der Waals surface area contributed by atoms with E-state index >= 15 is 0 Å². The molecule has 1 atom stereocenters. The van der Waals surface area contributed by atoms with Gasteiger partial charge in [0.1, 0.15) is 5.15 Å². The van der Waals surface area contributed by atoms with Crippen molar-refractivity contribution < 1.29 is 0 Å². The average molecular weight is 300 g/mol. The molecule has 0 fully saturated rings. The number of aromatic nitrogens is 3. The number of nitrogens with zero attached hydrogens (tertiary/aromatic N) is 3. The molecular formula is C12H18ClN5S. The lowest BCUT2D eigenvalue weighted by molar-refractivity contribution is 0.556. The van der Waals surface area contributed by atoms with E-state index < -0.39 is 0 Å². The lowest BCUT2D eigenvalue weighted by atomic mass is 10.1. The summed E-state index contributed by atoms with van der Waals surface area (Å²) in [6, 6.07) is 0.00611. The molecule has 0 aliphatic heterocycles. The highest BCUT2D eigenvalue weighted by molar-refractivity contribution is 7.11. The monoisotopic (exact) mass is 299 g/mol. The Morgan fingerprint density at radius 3 is 2.47 bits per heavy atom. The molecule has 0 aliphatic rings. The van der Waals surface area contributed by atoms with Crippen LogP contribution in [0.15, 0.2) is 0 Å². The van der Waals surface area contributed by atoms with Gasteiger partial charge in [-0.05, 0) is 27.2 Å². The van der Waals surface area contributed by atoms with Crippen LogP contribution in [0.4, 0.5) is 0 Å². The van der Waals surface area contributed by atoms with Crippen LogP contribution in [0.25, 0.3) is 0 Å². The third-order valence-electron chi connectivity index (χ3n) is 3.14. The Balaban J connectivity index is 2.31. The number of rotatable bonds is 4. The van der Waals surface area contributed by atoms with Gasteiger partial charge < -0.3 is 0 Å². The number of hydrazine groups is 1. The first kappa shape index (κ1) is 14.5. The second kappa shape index (κ2) is 5.58. The number of hydrogen-bond donors (Lipinski definition) is 2. The second-order valence-electron chi connectivity index (χ2n) is 4.58. The quantitative estimate of drug-likeness (QED) is 0.671. The highest BCUT2D eigenvalue weighted by Crippen LogP contribution is 2.30. The molecule has 0 saturated carbocycles. The fourth-order valence-corrected chi connectivity index (χ4v) is 3.45. The molecule has 0 amide bonds. The smallest absolute Gasteiger partial charge is 0.130 e. The van der Waals surface area contributed by atoms with Crippen molar-refractivity contribution in [3.05, 3.63) is 32.0 Å². The molecule has 2 aromatic heterocycles. The molecule has 0 aliphatic carbocycles. The van der Waals surface area contributed by atoms with Gasteiger partial charge in [-0.3, -0.25) is 16.0 Å². The standard InChI is InChI=1S/C12H18ClN5S/c1-6-9(12(13)18(4)17-6)5-10(16-14)11-7(2)15-8(3)19-11/h10,16H,5,14H2,1-4H3. The van der Waals surface area contributed by atoms with Crippen LogP contribution < -0.4 is 11.3 Å². The van der Waals surface area contributed by atoms with E-state index in [1.54, 1.807) is 16.0 Å². The highest BCUT2D eigenvalue weighted by Gasteiger charge is 2.21. The van der Waals surface area contributed by atoms with Crippen molar-refractivity contribution in [3.63, 3.8) is 0 Å². The van der Waals surface area contributed by atoms with Crippen molar-refractivity contribution in [3.8, 4) is 0 Å². The van der Waals surface area contributed by atoms with E-state index in [0.29, 0.717) is 11.6 Å². The van der Waals surface area contributed by atoms with Crippen LogP contribution in [-0.4, -0.2) is 14.8 Å². The van der Waals surface area contributed by atoms with Gasteiger partial charge in [0.15, 0.2) is 0 Å². The maximum atomic E-state index is 6.27. The van der Waals surface area contributed by atoms with E-state index in [1.807, 2.05) is 27.8 Å². The Morgan fingerprint density at radius 2 is 2.05 bits per heavy atom. The van der Waals surface area contributed by atoms with E-state index in [4.69, 9.17) is 17.4 Å². The van der Waals surface area contributed by atoms with Gasteiger partial charge in [-0.15, -0.1) is 11.3 Å². The molecule has 0 aromatic carbocycles. The summed E-state index contributed by atoms with van der Waals surface area (Å²) in [4.78, 5) is 5.59. The van der Waals surface area contributed by atoms with Crippen molar-refractivity contribution >= 4 is 22.9 Å². The molecule has 19 heavy (non-hydrogen) atoms. The summed E-state index contributed by atoms with van der Waals surface area (Å²) in [7, 11) is 1.84. The minimum absolute atomic E-state index is 0.00611. The first-order valence-electron chi connectivity index (χ1n) is 6.02. The lowest BCUT2D eigenvalue weighted by Crippen LogP contribution is -2.29. The van der Waals surface area contributed by atoms with Crippen LogP contribution in [0.2, 0.25) is 5.15 Å².